The van der Waals surface area contributed by atoms with Gasteiger partial charge < -0.3 is 20.2 Å². The molecule has 3 aromatic rings. The molecule has 0 fully saturated rings. The Morgan fingerprint density at radius 1 is 1.23 bits per heavy atom. The monoisotopic (exact) mass is 531 g/mol. The van der Waals surface area contributed by atoms with E-state index in [9.17, 15) is 4.79 Å². The van der Waals surface area contributed by atoms with E-state index in [2.05, 4.69) is 35.0 Å². The summed E-state index contributed by atoms with van der Waals surface area (Å²) in [5.74, 6) is 6.39. The van der Waals surface area contributed by atoms with Gasteiger partial charge in [0.25, 0.3) is 0 Å². The van der Waals surface area contributed by atoms with Crippen LogP contribution in [-0.4, -0.2) is 42.7 Å². The summed E-state index contributed by atoms with van der Waals surface area (Å²) in [7, 11) is 1.76. The zero-order valence-electron chi connectivity index (χ0n) is 24.0. The van der Waals surface area contributed by atoms with Gasteiger partial charge in [-0.05, 0) is 74.6 Å². The first kappa shape index (κ1) is 28.4. The molecular weight excluding hydrogens is 490 g/mol. The molecule has 0 amide bonds. The SMILES string of the molecule is CCOC(=O)C(C)(C)C(c1ccc(C)c(CN2CCOc3ccncc3C2)c1)c1ccc(N(C)N)c(N)c1C. The Labute approximate surface area is 231 Å². The molecule has 0 saturated carbocycles. The fourth-order valence-corrected chi connectivity index (χ4v) is 5.47. The summed E-state index contributed by atoms with van der Waals surface area (Å²) in [5.41, 5.74) is 13.5. The van der Waals surface area contributed by atoms with Crippen molar-refractivity contribution in [2.75, 3.05) is 37.5 Å². The standard InChI is InChI=1S/C31H41N5O3/c1-7-38-30(37)31(4,5)28(25-10-11-26(35(6)33)29(32)21(25)3)22-9-8-20(2)23(16-22)18-36-14-15-39-27-12-13-34-17-24(27)19-36/h8-13,16-17,28H,7,14-15,18-19,32-33H2,1-6H3. The largest absolute Gasteiger partial charge is 0.492 e. The summed E-state index contributed by atoms with van der Waals surface area (Å²) >= 11 is 0. The molecule has 1 aliphatic heterocycles. The fraction of sp³-hybridized carbons (Fsp3) is 0.419. The molecule has 0 aliphatic carbocycles. The van der Waals surface area contributed by atoms with Crippen LogP contribution in [0.4, 0.5) is 11.4 Å². The normalized spacial score (nSPS) is 14.6. The van der Waals surface area contributed by atoms with Crippen molar-refractivity contribution in [2.24, 2.45) is 11.3 Å². The first-order valence-corrected chi connectivity index (χ1v) is 13.5. The lowest BCUT2D eigenvalue weighted by Crippen LogP contribution is -2.35. The summed E-state index contributed by atoms with van der Waals surface area (Å²) in [4.78, 5) is 20.0. The Morgan fingerprint density at radius 3 is 2.72 bits per heavy atom. The smallest absolute Gasteiger partial charge is 0.312 e. The van der Waals surface area contributed by atoms with Crippen LogP contribution in [0.5, 0.6) is 5.75 Å². The van der Waals surface area contributed by atoms with Crippen LogP contribution in [0.1, 0.15) is 60.1 Å². The van der Waals surface area contributed by atoms with E-state index in [1.807, 2.05) is 52.1 Å². The molecule has 208 valence electrons. The first-order chi connectivity index (χ1) is 18.5. The molecule has 8 heteroatoms. The summed E-state index contributed by atoms with van der Waals surface area (Å²) < 4.78 is 11.5. The highest BCUT2D eigenvalue weighted by Crippen LogP contribution is 2.45. The Kier molecular flexibility index (Phi) is 8.47. The average molecular weight is 532 g/mol. The van der Waals surface area contributed by atoms with Gasteiger partial charge in [0.15, 0.2) is 0 Å². The maximum absolute atomic E-state index is 13.3. The second-order valence-electron chi connectivity index (χ2n) is 10.9. The molecule has 2 aromatic carbocycles. The predicted molar refractivity (Wildman–Crippen MR) is 155 cm³/mol. The molecule has 0 bridgehead atoms. The zero-order valence-corrected chi connectivity index (χ0v) is 24.0. The Bertz CT molecular complexity index is 1340. The number of hydrogen-bond donors (Lipinski definition) is 2. The van der Waals surface area contributed by atoms with Crippen molar-refractivity contribution in [1.29, 1.82) is 0 Å². The van der Waals surface area contributed by atoms with E-state index < -0.39 is 5.41 Å². The number of nitrogens with zero attached hydrogens (tertiary/aromatic N) is 3. The van der Waals surface area contributed by atoms with Crippen molar-refractivity contribution >= 4 is 17.3 Å². The van der Waals surface area contributed by atoms with Gasteiger partial charge in [-0.3, -0.25) is 14.7 Å². The van der Waals surface area contributed by atoms with Gasteiger partial charge in [0.05, 0.1) is 23.4 Å². The van der Waals surface area contributed by atoms with Gasteiger partial charge in [0, 0.05) is 50.6 Å². The molecule has 1 unspecified atom stereocenters. The Hall–Kier alpha value is -3.62. The van der Waals surface area contributed by atoms with Crippen LogP contribution in [0.15, 0.2) is 48.8 Å². The number of carbonyl (C=O) groups is 1. The topological polar surface area (TPSA) is 107 Å². The molecule has 0 spiro atoms. The third kappa shape index (κ3) is 5.87. The Morgan fingerprint density at radius 2 is 2.00 bits per heavy atom. The number of benzene rings is 2. The van der Waals surface area contributed by atoms with Crippen LogP contribution in [0.2, 0.25) is 0 Å². The number of aryl methyl sites for hydroxylation is 1. The van der Waals surface area contributed by atoms with E-state index >= 15 is 0 Å². The second-order valence-corrected chi connectivity index (χ2v) is 10.9. The van der Waals surface area contributed by atoms with Gasteiger partial charge >= 0.3 is 5.97 Å². The second kappa shape index (κ2) is 11.6. The van der Waals surface area contributed by atoms with Crippen LogP contribution in [0.3, 0.4) is 0 Å². The van der Waals surface area contributed by atoms with Crippen molar-refractivity contribution in [3.05, 3.63) is 82.2 Å². The van der Waals surface area contributed by atoms with Gasteiger partial charge in [0.1, 0.15) is 12.4 Å². The summed E-state index contributed by atoms with van der Waals surface area (Å²) in [6.45, 7) is 13.1. The summed E-state index contributed by atoms with van der Waals surface area (Å²) in [6.07, 6.45) is 3.64. The van der Waals surface area contributed by atoms with E-state index in [0.29, 0.717) is 18.9 Å². The number of nitrogens with two attached hydrogens (primary N) is 2. The molecule has 39 heavy (non-hydrogen) atoms. The molecule has 8 nitrogen and oxygen atoms in total. The van der Waals surface area contributed by atoms with E-state index in [1.165, 1.54) is 16.1 Å². The van der Waals surface area contributed by atoms with Gasteiger partial charge in [-0.25, -0.2) is 5.84 Å². The molecule has 1 atom stereocenters. The molecule has 4 N–H and O–H groups in total. The van der Waals surface area contributed by atoms with Crippen LogP contribution < -0.4 is 21.3 Å². The van der Waals surface area contributed by atoms with E-state index in [1.54, 1.807) is 13.2 Å². The number of carbonyl (C=O) groups excluding carboxylic acids is 1. The number of fused-ring (bicyclic) bond motifs is 1. The number of esters is 1. The maximum Gasteiger partial charge on any atom is 0.312 e. The first-order valence-electron chi connectivity index (χ1n) is 13.5. The van der Waals surface area contributed by atoms with Gasteiger partial charge in [0.2, 0.25) is 0 Å². The minimum atomic E-state index is -0.850. The van der Waals surface area contributed by atoms with Crippen molar-refractivity contribution < 1.29 is 14.3 Å². The number of rotatable bonds is 8. The minimum absolute atomic E-state index is 0.246. The number of aromatic nitrogens is 1. The lowest BCUT2D eigenvalue weighted by Gasteiger charge is -2.35. The zero-order chi connectivity index (χ0) is 28.3. The Balaban J connectivity index is 1.77. The number of anilines is 2. The van der Waals surface area contributed by atoms with Gasteiger partial charge in [-0.1, -0.05) is 24.3 Å². The minimum Gasteiger partial charge on any atom is -0.492 e. The van der Waals surface area contributed by atoms with Crippen molar-refractivity contribution in [3.8, 4) is 5.75 Å². The van der Waals surface area contributed by atoms with Crippen LogP contribution in [0.25, 0.3) is 0 Å². The van der Waals surface area contributed by atoms with E-state index in [0.717, 1.165) is 53.3 Å². The van der Waals surface area contributed by atoms with Crippen LogP contribution in [-0.2, 0) is 22.6 Å². The third-order valence-electron chi connectivity index (χ3n) is 7.77. The number of hydrogen-bond acceptors (Lipinski definition) is 8. The maximum atomic E-state index is 13.3. The van der Waals surface area contributed by atoms with E-state index in [-0.39, 0.29) is 11.9 Å². The van der Waals surface area contributed by atoms with Crippen LogP contribution in [0, 0.1) is 19.3 Å². The molecule has 0 radical (unpaired) electrons. The van der Waals surface area contributed by atoms with Crippen LogP contribution >= 0.6 is 0 Å². The predicted octanol–water partition coefficient (Wildman–Crippen LogP) is 4.71. The fourth-order valence-electron chi connectivity index (χ4n) is 5.47. The molecule has 2 heterocycles. The number of hydrazine groups is 1. The molecule has 0 saturated heterocycles. The lowest BCUT2D eigenvalue weighted by molar-refractivity contribution is -0.154. The average Bonchev–Trinajstić information content (AvgIpc) is 3.10. The highest BCUT2D eigenvalue weighted by atomic mass is 16.5. The molecule has 1 aliphatic rings. The molecule has 4 rings (SSSR count). The highest BCUT2D eigenvalue weighted by Gasteiger charge is 2.41. The summed E-state index contributed by atoms with van der Waals surface area (Å²) in [6, 6.07) is 12.4. The highest BCUT2D eigenvalue weighted by molar-refractivity contribution is 5.80. The quantitative estimate of drug-likeness (QED) is 0.186. The molecule has 1 aromatic heterocycles. The van der Waals surface area contributed by atoms with Crippen molar-refractivity contribution in [3.63, 3.8) is 0 Å². The third-order valence-corrected chi connectivity index (χ3v) is 7.77. The summed E-state index contributed by atoms with van der Waals surface area (Å²) in [5, 5.41) is 1.51. The van der Waals surface area contributed by atoms with E-state index in [4.69, 9.17) is 21.1 Å². The number of nitrogen functional groups attached to an aromatic ring is 1. The van der Waals surface area contributed by atoms with Gasteiger partial charge in [-0.2, -0.15) is 0 Å². The molecular formula is C31H41N5O3. The number of pyridine rings is 1. The number of ether oxygens (including phenoxy) is 2. The lowest BCUT2D eigenvalue weighted by atomic mass is 9.69. The van der Waals surface area contributed by atoms with Crippen molar-refractivity contribution in [1.82, 2.24) is 9.88 Å². The van der Waals surface area contributed by atoms with Gasteiger partial charge in [-0.15, -0.1) is 0 Å². The van der Waals surface area contributed by atoms with Crippen molar-refractivity contribution in [2.45, 2.75) is 53.6 Å².